The fourth-order valence-electron chi connectivity index (χ4n) is 4.48. The first-order chi connectivity index (χ1) is 18.6. The van der Waals surface area contributed by atoms with Gasteiger partial charge in [0, 0.05) is 23.0 Å². The SMILES string of the molecule is CC(C)(C)c1ccc(C2=CCC(OCc3ccc(C(=O)NCCC(=O)O)cc3)(c3ccc(Br)cc3)C=C2)cc1. The minimum absolute atomic E-state index is 0.0946. The molecular formula is C33H34BrNO4. The van der Waals surface area contributed by atoms with Crippen molar-refractivity contribution in [3.8, 4) is 0 Å². The van der Waals surface area contributed by atoms with Crippen LogP contribution in [0.4, 0.5) is 0 Å². The number of amides is 1. The van der Waals surface area contributed by atoms with E-state index in [4.69, 9.17) is 9.84 Å². The molecule has 1 amide bonds. The maximum atomic E-state index is 12.3. The van der Waals surface area contributed by atoms with E-state index in [1.54, 1.807) is 12.1 Å². The molecule has 39 heavy (non-hydrogen) atoms. The van der Waals surface area contributed by atoms with E-state index < -0.39 is 11.6 Å². The number of halogens is 1. The number of benzene rings is 3. The van der Waals surface area contributed by atoms with Gasteiger partial charge in [-0.2, -0.15) is 0 Å². The highest BCUT2D eigenvalue weighted by Crippen LogP contribution is 2.39. The quantitative estimate of drug-likeness (QED) is 0.273. The van der Waals surface area contributed by atoms with E-state index in [2.05, 4.69) is 96.6 Å². The number of allylic oxidation sites excluding steroid dienone is 2. The minimum Gasteiger partial charge on any atom is -0.481 e. The monoisotopic (exact) mass is 587 g/mol. The molecule has 0 radical (unpaired) electrons. The second kappa shape index (κ2) is 12.1. The molecule has 0 fully saturated rings. The topological polar surface area (TPSA) is 75.6 Å². The molecule has 3 aromatic carbocycles. The number of ether oxygens (including phenoxy) is 1. The second-order valence-corrected chi connectivity index (χ2v) is 11.7. The third-order valence-electron chi connectivity index (χ3n) is 6.91. The van der Waals surface area contributed by atoms with Gasteiger partial charge in [-0.3, -0.25) is 9.59 Å². The van der Waals surface area contributed by atoms with Crippen molar-refractivity contribution in [2.24, 2.45) is 0 Å². The lowest BCUT2D eigenvalue weighted by Crippen LogP contribution is -2.28. The van der Waals surface area contributed by atoms with Crippen LogP contribution in [0.2, 0.25) is 0 Å². The zero-order chi connectivity index (χ0) is 28.0. The van der Waals surface area contributed by atoms with Gasteiger partial charge in [0.2, 0.25) is 0 Å². The van der Waals surface area contributed by atoms with Crippen molar-refractivity contribution in [1.82, 2.24) is 5.32 Å². The predicted molar refractivity (Wildman–Crippen MR) is 159 cm³/mol. The van der Waals surface area contributed by atoms with E-state index in [1.165, 1.54) is 16.7 Å². The van der Waals surface area contributed by atoms with Crippen molar-refractivity contribution >= 4 is 33.4 Å². The van der Waals surface area contributed by atoms with Gasteiger partial charge in [0.15, 0.2) is 0 Å². The molecule has 0 bridgehead atoms. The fourth-order valence-corrected chi connectivity index (χ4v) is 4.75. The van der Waals surface area contributed by atoms with E-state index in [1.807, 2.05) is 24.3 Å². The number of carbonyl (C=O) groups excluding carboxylic acids is 1. The molecule has 0 aromatic heterocycles. The highest BCUT2D eigenvalue weighted by molar-refractivity contribution is 9.10. The van der Waals surface area contributed by atoms with Gasteiger partial charge in [0.25, 0.3) is 5.91 Å². The Bertz CT molecular complexity index is 1370. The van der Waals surface area contributed by atoms with E-state index in [0.717, 1.165) is 15.6 Å². The van der Waals surface area contributed by atoms with Crippen LogP contribution in [-0.2, 0) is 27.2 Å². The van der Waals surface area contributed by atoms with Gasteiger partial charge < -0.3 is 15.2 Å². The molecule has 2 N–H and O–H groups in total. The van der Waals surface area contributed by atoms with Crippen molar-refractivity contribution in [3.63, 3.8) is 0 Å². The molecule has 202 valence electrons. The Morgan fingerprint density at radius 1 is 0.974 bits per heavy atom. The molecule has 5 nitrogen and oxygen atoms in total. The van der Waals surface area contributed by atoms with E-state index in [9.17, 15) is 9.59 Å². The number of carbonyl (C=O) groups is 2. The molecular weight excluding hydrogens is 554 g/mol. The van der Waals surface area contributed by atoms with Gasteiger partial charge in [-0.1, -0.05) is 97.4 Å². The van der Waals surface area contributed by atoms with Crippen LogP contribution in [0.5, 0.6) is 0 Å². The first kappa shape index (κ1) is 28.5. The Hall–Kier alpha value is -3.48. The highest BCUT2D eigenvalue weighted by atomic mass is 79.9. The number of carboxylic acids is 1. The average Bonchev–Trinajstić information content (AvgIpc) is 2.92. The van der Waals surface area contributed by atoms with Crippen LogP contribution in [-0.4, -0.2) is 23.5 Å². The molecule has 0 spiro atoms. The Morgan fingerprint density at radius 2 is 1.64 bits per heavy atom. The van der Waals surface area contributed by atoms with Gasteiger partial charge >= 0.3 is 5.97 Å². The van der Waals surface area contributed by atoms with Crippen LogP contribution >= 0.6 is 15.9 Å². The third kappa shape index (κ3) is 7.34. The summed E-state index contributed by atoms with van der Waals surface area (Å²) in [6.45, 7) is 7.12. The summed E-state index contributed by atoms with van der Waals surface area (Å²) in [6, 6.07) is 24.2. The van der Waals surface area contributed by atoms with E-state index >= 15 is 0 Å². The molecule has 1 aliphatic rings. The average molecular weight is 589 g/mol. The summed E-state index contributed by atoms with van der Waals surface area (Å²) in [4.78, 5) is 22.9. The zero-order valence-corrected chi connectivity index (χ0v) is 24.1. The highest BCUT2D eigenvalue weighted by Gasteiger charge is 2.32. The predicted octanol–water partition coefficient (Wildman–Crippen LogP) is 7.41. The Balaban J connectivity index is 1.49. The Morgan fingerprint density at radius 3 is 2.21 bits per heavy atom. The fraction of sp³-hybridized carbons (Fsp3) is 0.273. The normalized spacial score (nSPS) is 17.0. The van der Waals surface area contributed by atoms with E-state index in [0.29, 0.717) is 18.6 Å². The maximum Gasteiger partial charge on any atom is 0.305 e. The molecule has 4 rings (SSSR count). The van der Waals surface area contributed by atoms with Gasteiger partial charge in [-0.25, -0.2) is 0 Å². The number of nitrogens with one attached hydrogen (secondary N) is 1. The molecule has 0 saturated carbocycles. The number of aliphatic carboxylic acids is 1. The molecule has 0 aliphatic heterocycles. The van der Waals surface area contributed by atoms with E-state index in [-0.39, 0.29) is 24.3 Å². The van der Waals surface area contributed by atoms with Crippen molar-refractivity contribution in [3.05, 3.63) is 123 Å². The lowest BCUT2D eigenvalue weighted by Gasteiger charge is -2.33. The third-order valence-corrected chi connectivity index (χ3v) is 7.44. The number of carboxylic acid groups (broad SMARTS) is 1. The number of hydrogen-bond acceptors (Lipinski definition) is 3. The Labute approximate surface area is 238 Å². The maximum absolute atomic E-state index is 12.3. The molecule has 6 heteroatoms. The summed E-state index contributed by atoms with van der Waals surface area (Å²) < 4.78 is 7.62. The van der Waals surface area contributed by atoms with Crippen LogP contribution in [0.15, 0.2) is 95.5 Å². The summed E-state index contributed by atoms with van der Waals surface area (Å²) in [7, 11) is 0. The summed E-state index contributed by atoms with van der Waals surface area (Å²) in [5.41, 5.74) is 5.64. The molecule has 3 aromatic rings. The smallest absolute Gasteiger partial charge is 0.305 e. The van der Waals surface area contributed by atoms with Crippen LogP contribution in [0, 0.1) is 0 Å². The number of hydrogen-bond donors (Lipinski definition) is 2. The minimum atomic E-state index is -0.945. The standard InChI is InChI=1S/C33H34BrNO4/c1-32(2,3)27-10-8-24(9-11-27)25-16-19-33(20-17-25,28-12-14-29(34)15-13-28)39-22-23-4-6-26(7-5-23)31(38)35-21-18-30(36)37/h4-17,19H,18,20-22H2,1-3H3,(H,35,38)(H,36,37). The molecule has 1 atom stereocenters. The first-order valence-electron chi connectivity index (χ1n) is 13.0. The molecule has 0 saturated heterocycles. The lowest BCUT2D eigenvalue weighted by atomic mass is 9.82. The second-order valence-electron chi connectivity index (χ2n) is 10.8. The van der Waals surface area contributed by atoms with Gasteiger partial charge in [-0.05, 0) is 63.6 Å². The molecule has 1 aliphatic carbocycles. The van der Waals surface area contributed by atoms with Gasteiger partial charge in [0.05, 0.1) is 13.0 Å². The summed E-state index contributed by atoms with van der Waals surface area (Å²) >= 11 is 3.53. The van der Waals surface area contributed by atoms with Crippen LogP contribution in [0.3, 0.4) is 0 Å². The summed E-state index contributed by atoms with van der Waals surface area (Å²) in [5, 5.41) is 11.4. The summed E-state index contributed by atoms with van der Waals surface area (Å²) in [6.07, 6.45) is 7.10. The Kier molecular flexibility index (Phi) is 8.88. The molecule has 0 heterocycles. The summed E-state index contributed by atoms with van der Waals surface area (Å²) in [5.74, 6) is -1.24. The zero-order valence-electron chi connectivity index (χ0n) is 22.5. The van der Waals surface area contributed by atoms with Gasteiger partial charge in [0.1, 0.15) is 5.60 Å². The van der Waals surface area contributed by atoms with Crippen molar-refractivity contribution in [2.45, 2.75) is 51.2 Å². The number of rotatable bonds is 9. The lowest BCUT2D eigenvalue weighted by molar-refractivity contribution is -0.136. The largest absolute Gasteiger partial charge is 0.481 e. The van der Waals surface area contributed by atoms with Crippen molar-refractivity contribution in [1.29, 1.82) is 0 Å². The van der Waals surface area contributed by atoms with Crippen LogP contribution < -0.4 is 5.32 Å². The van der Waals surface area contributed by atoms with Crippen LogP contribution in [0.1, 0.15) is 66.2 Å². The van der Waals surface area contributed by atoms with Crippen molar-refractivity contribution < 1.29 is 19.4 Å². The van der Waals surface area contributed by atoms with Crippen molar-refractivity contribution in [2.75, 3.05) is 6.54 Å². The van der Waals surface area contributed by atoms with Crippen LogP contribution in [0.25, 0.3) is 5.57 Å². The molecule has 1 unspecified atom stereocenters. The first-order valence-corrected chi connectivity index (χ1v) is 13.8. The van der Waals surface area contributed by atoms with Gasteiger partial charge in [-0.15, -0.1) is 0 Å².